The van der Waals surface area contributed by atoms with Crippen molar-refractivity contribution in [3.63, 3.8) is 0 Å². The molecule has 1 aromatic heterocycles. The predicted molar refractivity (Wildman–Crippen MR) is 69.5 cm³/mol. The van der Waals surface area contributed by atoms with Crippen molar-refractivity contribution in [2.75, 3.05) is 0 Å². The third-order valence-corrected chi connectivity index (χ3v) is 2.97. The van der Waals surface area contributed by atoms with Crippen molar-refractivity contribution in [2.24, 2.45) is 7.05 Å². The molecule has 0 spiro atoms. The van der Waals surface area contributed by atoms with E-state index in [4.69, 9.17) is 0 Å². The van der Waals surface area contributed by atoms with Crippen LogP contribution in [0.2, 0.25) is 0 Å². The second-order valence-electron chi connectivity index (χ2n) is 4.30. The summed E-state index contributed by atoms with van der Waals surface area (Å²) in [5.41, 5.74) is 2.89. The fraction of sp³-hybridized carbons (Fsp3) is 0.357. The van der Waals surface area contributed by atoms with Crippen molar-refractivity contribution >= 4 is 0 Å². The van der Waals surface area contributed by atoms with Crippen LogP contribution in [0.1, 0.15) is 23.9 Å². The van der Waals surface area contributed by atoms with E-state index in [0.29, 0.717) is 18.7 Å². The molecular weight excluding hydrogens is 229 g/mol. The molecule has 0 amide bonds. The van der Waals surface area contributed by atoms with E-state index in [2.05, 4.69) is 23.4 Å². The Bertz CT molecular complexity index is 520. The molecular formula is C14H18FN3. The normalized spacial score (nSPS) is 10.8. The molecule has 0 aliphatic carbocycles. The lowest BCUT2D eigenvalue weighted by molar-refractivity contribution is 0.576. The molecule has 1 aromatic carbocycles. The second-order valence-corrected chi connectivity index (χ2v) is 4.30. The van der Waals surface area contributed by atoms with Crippen LogP contribution in [0, 0.1) is 5.82 Å². The molecule has 3 nitrogen and oxygen atoms in total. The van der Waals surface area contributed by atoms with Gasteiger partial charge in [0.15, 0.2) is 0 Å². The van der Waals surface area contributed by atoms with Crippen molar-refractivity contribution in [3.05, 3.63) is 53.1 Å². The molecule has 18 heavy (non-hydrogen) atoms. The molecule has 0 fully saturated rings. The summed E-state index contributed by atoms with van der Waals surface area (Å²) in [6.45, 7) is 3.30. The number of hydrogen-bond donors (Lipinski definition) is 1. The summed E-state index contributed by atoms with van der Waals surface area (Å²) in [5.74, 6) is -0.163. The van der Waals surface area contributed by atoms with E-state index in [-0.39, 0.29) is 5.82 Å². The van der Waals surface area contributed by atoms with E-state index >= 15 is 0 Å². The first kappa shape index (κ1) is 12.8. The highest BCUT2D eigenvalue weighted by molar-refractivity contribution is 5.17. The summed E-state index contributed by atoms with van der Waals surface area (Å²) in [4.78, 5) is 0. The van der Waals surface area contributed by atoms with Crippen LogP contribution in [-0.2, 0) is 26.6 Å². The first-order valence-electron chi connectivity index (χ1n) is 6.16. The molecule has 0 aliphatic heterocycles. The van der Waals surface area contributed by atoms with Crippen LogP contribution in [-0.4, -0.2) is 9.78 Å². The van der Waals surface area contributed by atoms with Gasteiger partial charge in [-0.2, -0.15) is 5.10 Å². The van der Waals surface area contributed by atoms with Gasteiger partial charge in [0.25, 0.3) is 0 Å². The number of aromatic nitrogens is 2. The van der Waals surface area contributed by atoms with Crippen LogP contribution < -0.4 is 5.32 Å². The van der Waals surface area contributed by atoms with Gasteiger partial charge in [-0.3, -0.25) is 4.68 Å². The maximum atomic E-state index is 13.4. The predicted octanol–water partition coefficient (Wildman–Crippen LogP) is 2.41. The first-order valence-corrected chi connectivity index (χ1v) is 6.16. The average molecular weight is 247 g/mol. The lowest BCUT2D eigenvalue weighted by Crippen LogP contribution is -2.16. The van der Waals surface area contributed by atoms with E-state index in [9.17, 15) is 4.39 Å². The zero-order valence-electron chi connectivity index (χ0n) is 10.8. The number of hydrogen-bond acceptors (Lipinski definition) is 2. The number of halogens is 1. The molecule has 0 unspecified atom stereocenters. The summed E-state index contributed by atoms with van der Waals surface area (Å²) in [6, 6.07) is 8.90. The van der Waals surface area contributed by atoms with Crippen LogP contribution in [0.4, 0.5) is 4.39 Å². The zero-order valence-corrected chi connectivity index (χ0v) is 10.8. The Balaban J connectivity index is 1.92. The summed E-state index contributed by atoms with van der Waals surface area (Å²) in [7, 11) is 1.93. The van der Waals surface area contributed by atoms with Gasteiger partial charge in [0, 0.05) is 25.7 Å². The Morgan fingerprint density at radius 1 is 1.28 bits per heavy atom. The molecule has 0 saturated heterocycles. The van der Waals surface area contributed by atoms with Crippen LogP contribution in [0.15, 0.2) is 30.3 Å². The number of rotatable bonds is 5. The Hall–Kier alpha value is -1.68. The van der Waals surface area contributed by atoms with E-state index < -0.39 is 0 Å². The van der Waals surface area contributed by atoms with Gasteiger partial charge in [-0.1, -0.05) is 25.1 Å². The lowest BCUT2D eigenvalue weighted by atomic mass is 10.2. The molecule has 0 bridgehead atoms. The van der Waals surface area contributed by atoms with Crippen LogP contribution >= 0.6 is 0 Å². The molecule has 2 aromatic rings. The monoisotopic (exact) mass is 247 g/mol. The summed E-state index contributed by atoms with van der Waals surface area (Å²) in [5, 5.41) is 7.61. The smallest absolute Gasteiger partial charge is 0.127 e. The number of nitrogens with one attached hydrogen (secondary N) is 1. The molecule has 1 N–H and O–H groups in total. The van der Waals surface area contributed by atoms with Gasteiger partial charge in [-0.05, 0) is 18.6 Å². The van der Waals surface area contributed by atoms with Crippen LogP contribution in [0.25, 0.3) is 0 Å². The fourth-order valence-electron chi connectivity index (χ4n) is 1.88. The molecule has 2 rings (SSSR count). The quantitative estimate of drug-likeness (QED) is 0.879. The molecule has 0 aliphatic rings. The van der Waals surface area contributed by atoms with E-state index in [0.717, 1.165) is 17.8 Å². The second kappa shape index (κ2) is 5.78. The average Bonchev–Trinajstić information content (AvgIpc) is 2.73. The molecule has 0 radical (unpaired) electrons. The van der Waals surface area contributed by atoms with Gasteiger partial charge in [-0.15, -0.1) is 0 Å². The Morgan fingerprint density at radius 3 is 2.72 bits per heavy atom. The van der Waals surface area contributed by atoms with Crippen molar-refractivity contribution in [1.82, 2.24) is 15.1 Å². The van der Waals surface area contributed by atoms with Crippen LogP contribution in [0.5, 0.6) is 0 Å². The Kier molecular flexibility index (Phi) is 4.10. The first-order chi connectivity index (χ1) is 8.70. The van der Waals surface area contributed by atoms with Crippen molar-refractivity contribution in [1.29, 1.82) is 0 Å². The lowest BCUT2D eigenvalue weighted by Gasteiger charge is -2.06. The standard InChI is InChI=1S/C14H18FN3/c1-3-12-8-13(18(2)17-12)10-16-9-11-6-4-5-7-14(11)15/h4-8,16H,3,9-10H2,1-2H3. The summed E-state index contributed by atoms with van der Waals surface area (Å²) < 4.78 is 15.3. The molecule has 96 valence electrons. The van der Waals surface area contributed by atoms with E-state index in [1.165, 1.54) is 6.07 Å². The topological polar surface area (TPSA) is 29.9 Å². The van der Waals surface area contributed by atoms with E-state index in [1.807, 2.05) is 17.8 Å². The van der Waals surface area contributed by atoms with Gasteiger partial charge in [-0.25, -0.2) is 4.39 Å². The molecule has 1 heterocycles. The van der Waals surface area contributed by atoms with Gasteiger partial charge in [0.05, 0.1) is 11.4 Å². The maximum absolute atomic E-state index is 13.4. The van der Waals surface area contributed by atoms with Crippen molar-refractivity contribution in [2.45, 2.75) is 26.4 Å². The Morgan fingerprint density at radius 2 is 2.06 bits per heavy atom. The van der Waals surface area contributed by atoms with Crippen LogP contribution in [0.3, 0.4) is 0 Å². The molecule has 0 atom stereocenters. The summed E-state index contributed by atoms with van der Waals surface area (Å²) in [6.07, 6.45) is 0.932. The number of benzene rings is 1. The largest absolute Gasteiger partial charge is 0.307 e. The highest BCUT2D eigenvalue weighted by Gasteiger charge is 2.04. The van der Waals surface area contributed by atoms with Gasteiger partial charge >= 0.3 is 0 Å². The fourth-order valence-corrected chi connectivity index (χ4v) is 1.88. The number of aryl methyl sites for hydroxylation is 2. The SMILES string of the molecule is CCc1cc(CNCc2ccccc2F)n(C)n1. The van der Waals surface area contributed by atoms with Gasteiger partial charge < -0.3 is 5.32 Å². The summed E-state index contributed by atoms with van der Waals surface area (Å²) >= 11 is 0. The van der Waals surface area contributed by atoms with E-state index in [1.54, 1.807) is 12.1 Å². The minimum atomic E-state index is -0.163. The maximum Gasteiger partial charge on any atom is 0.127 e. The third-order valence-electron chi connectivity index (χ3n) is 2.97. The third kappa shape index (κ3) is 2.96. The van der Waals surface area contributed by atoms with Gasteiger partial charge in [0.1, 0.15) is 5.82 Å². The number of nitrogens with zero attached hydrogens (tertiary/aromatic N) is 2. The zero-order chi connectivity index (χ0) is 13.0. The molecule has 0 saturated carbocycles. The highest BCUT2D eigenvalue weighted by Crippen LogP contribution is 2.07. The molecule has 4 heteroatoms. The van der Waals surface area contributed by atoms with Crippen molar-refractivity contribution < 1.29 is 4.39 Å². The van der Waals surface area contributed by atoms with Gasteiger partial charge in [0.2, 0.25) is 0 Å². The Labute approximate surface area is 107 Å². The van der Waals surface area contributed by atoms with Crippen molar-refractivity contribution in [3.8, 4) is 0 Å². The highest BCUT2D eigenvalue weighted by atomic mass is 19.1. The minimum Gasteiger partial charge on any atom is -0.307 e. The minimum absolute atomic E-state index is 0.163.